The Morgan fingerprint density at radius 1 is 1.07 bits per heavy atom. The number of pyridine rings is 2. The molecule has 6 nitrogen and oxygen atoms in total. The van der Waals surface area contributed by atoms with Gasteiger partial charge in [0.05, 0.1) is 24.5 Å². The number of amides is 1. The number of aryl methyl sites for hydroxylation is 1. The molecule has 0 aliphatic carbocycles. The van der Waals surface area contributed by atoms with E-state index < -0.39 is 11.9 Å². The van der Waals surface area contributed by atoms with Crippen LogP contribution in [0.2, 0.25) is 0 Å². The largest absolute Gasteiger partial charge is 0.459 e. The number of carbonyl (C=O) groups is 2. The molecule has 3 aromatic rings. The summed E-state index contributed by atoms with van der Waals surface area (Å²) in [7, 11) is 0. The topological polar surface area (TPSA) is 81.2 Å². The summed E-state index contributed by atoms with van der Waals surface area (Å²) in [6.45, 7) is 3.55. The molecule has 0 fully saturated rings. The van der Waals surface area contributed by atoms with E-state index in [1.54, 1.807) is 38.4 Å². The molecule has 7 heteroatoms. The molecule has 0 aliphatic rings. The Bertz CT molecular complexity index is 1050. The number of hydrogen-bond donors (Lipinski definition) is 1. The summed E-state index contributed by atoms with van der Waals surface area (Å²) in [5.74, 6) is -2.01. The van der Waals surface area contributed by atoms with Crippen molar-refractivity contribution in [2.45, 2.75) is 20.4 Å². The third-order valence-electron chi connectivity index (χ3n) is 4.26. The van der Waals surface area contributed by atoms with Crippen LogP contribution in [0.5, 0.6) is 0 Å². The molecule has 1 aromatic carbocycles. The van der Waals surface area contributed by atoms with E-state index in [2.05, 4.69) is 20.0 Å². The average molecular weight is 393 g/mol. The van der Waals surface area contributed by atoms with Gasteiger partial charge in [-0.15, -0.1) is 0 Å². The van der Waals surface area contributed by atoms with Gasteiger partial charge >= 0.3 is 11.9 Å². The van der Waals surface area contributed by atoms with Crippen LogP contribution in [0.25, 0.3) is 22.4 Å². The van der Waals surface area contributed by atoms with Crippen LogP contribution >= 0.6 is 0 Å². The molecule has 0 aliphatic heterocycles. The second kappa shape index (κ2) is 9.05. The van der Waals surface area contributed by atoms with Crippen molar-refractivity contribution in [1.29, 1.82) is 0 Å². The maximum atomic E-state index is 13.6. The van der Waals surface area contributed by atoms with Crippen molar-refractivity contribution in [1.82, 2.24) is 15.3 Å². The van der Waals surface area contributed by atoms with Crippen molar-refractivity contribution in [2.75, 3.05) is 6.61 Å². The standard InChI is InChI=1S/C22H20FN3O3/c1-3-29-22(28)21(27)26-13-17-12-15(8-10-24-17)18-5-4-9-25-20(18)16-6-7-19(23)14(2)11-16/h4-12H,3,13H2,1-2H3,(H,26,27). The minimum atomic E-state index is -0.926. The highest BCUT2D eigenvalue weighted by molar-refractivity contribution is 6.32. The number of hydrogen-bond acceptors (Lipinski definition) is 5. The third kappa shape index (κ3) is 4.82. The Kier molecular flexibility index (Phi) is 6.29. The quantitative estimate of drug-likeness (QED) is 0.531. The Balaban J connectivity index is 1.87. The number of ether oxygens (including phenoxy) is 1. The number of esters is 1. The van der Waals surface area contributed by atoms with Gasteiger partial charge in [-0.1, -0.05) is 6.07 Å². The molecule has 0 saturated heterocycles. The van der Waals surface area contributed by atoms with Crippen molar-refractivity contribution in [3.05, 3.63) is 71.9 Å². The highest BCUT2D eigenvalue weighted by Crippen LogP contribution is 2.31. The van der Waals surface area contributed by atoms with Crippen LogP contribution in [0.3, 0.4) is 0 Å². The summed E-state index contributed by atoms with van der Waals surface area (Å²) in [5, 5.41) is 2.49. The first-order valence-corrected chi connectivity index (χ1v) is 9.11. The second-order valence-electron chi connectivity index (χ2n) is 6.30. The zero-order chi connectivity index (χ0) is 20.8. The number of benzene rings is 1. The minimum Gasteiger partial charge on any atom is -0.459 e. The summed E-state index contributed by atoms with van der Waals surface area (Å²) < 4.78 is 18.3. The Hall–Kier alpha value is -3.61. The zero-order valence-corrected chi connectivity index (χ0v) is 16.1. The molecule has 148 valence electrons. The van der Waals surface area contributed by atoms with Gasteiger partial charge in [-0.05, 0) is 61.4 Å². The lowest BCUT2D eigenvalue weighted by molar-refractivity contribution is -0.154. The van der Waals surface area contributed by atoms with Crippen LogP contribution in [0.15, 0.2) is 54.9 Å². The predicted molar refractivity (Wildman–Crippen MR) is 106 cm³/mol. The summed E-state index contributed by atoms with van der Waals surface area (Å²) in [5.41, 5.74) is 4.31. The number of carbonyl (C=O) groups excluding carboxylic acids is 2. The zero-order valence-electron chi connectivity index (χ0n) is 16.1. The molecular formula is C22H20FN3O3. The van der Waals surface area contributed by atoms with E-state index in [1.807, 2.05) is 24.3 Å². The van der Waals surface area contributed by atoms with Crippen molar-refractivity contribution >= 4 is 11.9 Å². The molecule has 0 atom stereocenters. The molecule has 3 rings (SSSR count). The lowest BCUT2D eigenvalue weighted by Gasteiger charge is -2.11. The molecule has 0 unspecified atom stereocenters. The fourth-order valence-corrected chi connectivity index (χ4v) is 2.84. The van der Waals surface area contributed by atoms with Crippen LogP contribution < -0.4 is 5.32 Å². The maximum Gasteiger partial charge on any atom is 0.396 e. The smallest absolute Gasteiger partial charge is 0.396 e. The van der Waals surface area contributed by atoms with Gasteiger partial charge < -0.3 is 10.1 Å². The number of nitrogens with one attached hydrogen (secondary N) is 1. The Morgan fingerprint density at radius 2 is 1.90 bits per heavy atom. The minimum absolute atomic E-state index is 0.0801. The van der Waals surface area contributed by atoms with Crippen LogP contribution in [-0.4, -0.2) is 28.5 Å². The van der Waals surface area contributed by atoms with Gasteiger partial charge in [0.15, 0.2) is 0 Å². The van der Waals surface area contributed by atoms with Gasteiger partial charge in [0.25, 0.3) is 0 Å². The normalized spacial score (nSPS) is 10.4. The summed E-state index contributed by atoms with van der Waals surface area (Å²) in [4.78, 5) is 31.8. The average Bonchev–Trinajstić information content (AvgIpc) is 2.74. The second-order valence-corrected chi connectivity index (χ2v) is 6.30. The van der Waals surface area contributed by atoms with Gasteiger partial charge in [-0.25, -0.2) is 9.18 Å². The molecule has 0 spiro atoms. The summed E-state index contributed by atoms with van der Waals surface area (Å²) >= 11 is 0. The van der Waals surface area contributed by atoms with Crippen LogP contribution in [0, 0.1) is 12.7 Å². The van der Waals surface area contributed by atoms with Gasteiger partial charge in [-0.2, -0.15) is 0 Å². The van der Waals surface area contributed by atoms with Crippen LogP contribution in [-0.2, 0) is 20.9 Å². The van der Waals surface area contributed by atoms with Crippen molar-refractivity contribution in [3.63, 3.8) is 0 Å². The van der Waals surface area contributed by atoms with Crippen molar-refractivity contribution < 1.29 is 18.7 Å². The molecule has 29 heavy (non-hydrogen) atoms. The maximum absolute atomic E-state index is 13.6. The van der Waals surface area contributed by atoms with Gasteiger partial charge in [0, 0.05) is 23.5 Å². The van der Waals surface area contributed by atoms with Crippen LogP contribution in [0.4, 0.5) is 4.39 Å². The van der Waals surface area contributed by atoms with E-state index in [-0.39, 0.29) is 19.0 Å². The SMILES string of the molecule is CCOC(=O)C(=O)NCc1cc(-c2cccnc2-c2ccc(F)c(C)c2)ccn1. The van der Waals surface area contributed by atoms with E-state index in [0.717, 1.165) is 16.7 Å². The lowest BCUT2D eigenvalue weighted by Crippen LogP contribution is -2.32. The Morgan fingerprint density at radius 3 is 2.66 bits per heavy atom. The molecule has 2 aromatic heterocycles. The summed E-state index contributed by atoms with van der Waals surface area (Å²) in [6, 6.07) is 12.2. The number of halogens is 1. The van der Waals surface area contributed by atoms with Gasteiger partial charge in [0.1, 0.15) is 5.82 Å². The fourth-order valence-electron chi connectivity index (χ4n) is 2.84. The Labute approximate surface area is 167 Å². The monoisotopic (exact) mass is 393 g/mol. The molecule has 0 radical (unpaired) electrons. The summed E-state index contributed by atoms with van der Waals surface area (Å²) in [6.07, 6.45) is 3.30. The molecular weight excluding hydrogens is 373 g/mol. The van der Waals surface area contributed by atoms with E-state index in [1.165, 1.54) is 6.07 Å². The van der Waals surface area contributed by atoms with E-state index in [0.29, 0.717) is 17.0 Å². The van der Waals surface area contributed by atoms with Crippen molar-refractivity contribution in [2.24, 2.45) is 0 Å². The van der Waals surface area contributed by atoms with Crippen molar-refractivity contribution in [3.8, 4) is 22.4 Å². The van der Waals surface area contributed by atoms with Gasteiger partial charge in [-0.3, -0.25) is 14.8 Å². The fraction of sp³-hybridized carbons (Fsp3) is 0.182. The van der Waals surface area contributed by atoms with E-state index >= 15 is 0 Å². The number of rotatable bonds is 5. The van der Waals surface area contributed by atoms with E-state index in [9.17, 15) is 14.0 Å². The lowest BCUT2D eigenvalue weighted by atomic mass is 9.98. The first-order valence-electron chi connectivity index (χ1n) is 9.11. The molecule has 0 saturated carbocycles. The highest BCUT2D eigenvalue weighted by atomic mass is 19.1. The van der Waals surface area contributed by atoms with E-state index in [4.69, 9.17) is 0 Å². The first-order chi connectivity index (χ1) is 14.0. The third-order valence-corrected chi connectivity index (χ3v) is 4.26. The first kappa shape index (κ1) is 20.1. The molecule has 0 bridgehead atoms. The number of nitrogens with zero attached hydrogens (tertiary/aromatic N) is 2. The molecule has 1 amide bonds. The predicted octanol–water partition coefficient (Wildman–Crippen LogP) is 3.44. The molecule has 1 N–H and O–H groups in total. The number of aromatic nitrogens is 2. The molecule has 2 heterocycles. The van der Waals surface area contributed by atoms with Crippen LogP contribution in [0.1, 0.15) is 18.2 Å². The van der Waals surface area contributed by atoms with Gasteiger partial charge in [0.2, 0.25) is 0 Å². The highest BCUT2D eigenvalue weighted by Gasteiger charge is 2.15.